The number of rotatable bonds is 4. The predicted molar refractivity (Wildman–Crippen MR) is 78.9 cm³/mol. The van der Waals surface area contributed by atoms with Crippen LogP contribution in [0.25, 0.3) is 0 Å². The first-order chi connectivity index (χ1) is 11.3. The van der Waals surface area contributed by atoms with Gasteiger partial charge in [0, 0.05) is 18.9 Å². The summed E-state index contributed by atoms with van der Waals surface area (Å²) in [6.45, 7) is 2.95. The van der Waals surface area contributed by atoms with E-state index in [4.69, 9.17) is 0 Å². The van der Waals surface area contributed by atoms with Crippen molar-refractivity contribution >= 4 is 5.91 Å². The molecule has 0 N–H and O–H groups in total. The minimum absolute atomic E-state index is 0.00875. The van der Waals surface area contributed by atoms with Crippen LogP contribution in [0.2, 0.25) is 0 Å². The van der Waals surface area contributed by atoms with E-state index in [2.05, 4.69) is 10.2 Å². The number of carbonyl (C=O) groups is 1. The van der Waals surface area contributed by atoms with Gasteiger partial charge >= 0.3 is 6.18 Å². The summed E-state index contributed by atoms with van der Waals surface area (Å²) in [5, 5.41) is 7.66. The van der Waals surface area contributed by atoms with Gasteiger partial charge in [0.05, 0.1) is 18.8 Å². The number of hydrogen-bond acceptors (Lipinski definition) is 3. The highest BCUT2D eigenvalue weighted by molar-refractivity contribution is 5.76. The summed E-state index contributed by atoms with van der Waals surface area (Å²) in [4.78, 5) is 14.1. The average molecular weight is 341 g/mol. The SMILES string of the molecule is Cc1cnn(C[C@H]2CCCN2C(=O)Cn2ccc(C(F)(F)F)n2)c1. The number of alkyl halides is 3. The maximum atomic E-state index is 12.6. The Bertz CT molecular complexity index is 721. The van der Waals surface area contributed by atoms with Gasteiger partial charge in [-0.25, -0.2) is 0 Å². The molecular weight excluding hydrogens is 323 g/mol. The molecule has 1 fully saturated rings. The summed E-state index contributed by atoms with van der Waals surface area (Å²) in [5.41, 5.74) is 0.0578. The van der Waals surface area contributed by atoms with Gasteiger partial charge in [0.25, 0.3) is 0 Å². The Balaban J connectivity index is 1.64. The van der Waals surface area contributed by atoms with Crippen molar-refractivity contribution in [1.82, 2.24) is 24.5 Å². The second kappa shape index (κ2) is 6.29. The zero-order valence-corrected chi connectivity index (χ0v) is 13.2. The van der Waals surface area contributed by atoms with E-state index >= 15 is 0 Å². The topological polar surface area (TPSA) is 56.0 Å². The van der Waals surface area contributed by atoms with Crippen LogP contribution < -0.4 is 0 Å². The largest absolute Gasteiger partial charge is 0.435 e. The van der Waals surface area contributed by atoms with E-state index in [1.165, 1.54) is 6.20 Å². The summed E-state index contributed by atoms with van der Waals surface area (Å²) < 4.78 is 40.5. The third kappa shape index (κ3) is 3.60. The molecule has 0 unspecified atom stereocenters. The Kier molecular flexibility index (Phi) is 4.33. The van der Waals surface area contributed by atoms with Gasteiger partial charge in [0.1, 0.15) is 6.54 Å². The molecule has 1 aliphatic rings. The van der Waals surface area contributed by atoms with Crippen molar-refractivity contribution in [1.29, 1.82) is 0 Å². The molecule has 3 rings (SSSR count). The lowest BCUT2D eigenvalue weighted by Gasteiger charge is -2.24. The Labute approximate surface area is 136 Å². The smallest absolute Gasteiger partial charge is 0.336 e. The molecule has 0 spiro atoms. The third-order valence-corrected chi connectivity index (χ3v) is 4.09. The van der Waals surface area contributed by atoms with Crippen molar-refractivity contribution in [2.24, 2.45) is 0 Å². The van der Waals surface area contributed by atoms with Gasteiger partial charge in [0.15, 0.2) is 5.69 Å². The molecule has 1 saturated heterocycles. The van der Waals surface area contributed by atoms with Crippen LogP contribution in [-0.4, -0.2) is 43.0 Å². The Hall–Kier alpha value is -2.32. The van der Waals surface area contributed by atoms with E-state index in [0.29, 0.717) is 13.1 Å². The van der Waals surface area contributed by atoms with Gasteiger partial charge < -0.3 is 4.90 Å². The number of aryl methyl sites for hydroxylation is 1. The van der Waals surface area contributed by atoms with Crippen molar-refractivity contribution < 1.29 is 18.0 Å². The van der Waals surface area contributed by atoms with Crippen LogP contribution in [0.5, 0.6) is 0 Å². The zero-order valence-electron chi connectivity index (χ0n) is 13.2. The minimum atomic E-state index is -4.50. The van der Waals surface area contributed by atoms with Crippen LogP contribution in [0, 0.1) is 6.92 Å². The van der Waals surface area contributed by atoms with Crippen molar-refractivity contribution in [3.63, 3.8) is 0 Å². The summed E-state index contributed by atoms with van der Waals surface area (Å²) in [5.74, 6) is -0.224. The fraction of sp³-hybridized carbons (Fsp3) is 0.533. The number of carbonyl (C=O) groups excluding carboxylic acids is 1. The van der Waals surface area contributed by atoms with E-state index in [1.807, 2.05) is 13.1 Å². The van der Waals surface area contributed by atoms with Crippen LogP contribution >= 0.6 is 0 Å². The third-order valence-electron chi connectivity index (χ3n) is 4.09. The highest BCUT2D eigenvalue weighted by Gasteiger charge is 2.34. The molecular formula is C15H18F3N5O. The van der Waals surface area contributed by atoms with Crippen LogP contribution in [-0.2, 0) is 24.1 Å². The van der Waals surface area contributed by atoms with Crippen molar-refractivity contribution in [2.45, 2.75) is 45.1 Å². The molecule has 0 aromatic carbocycles. The van der Waals surface area contributed by atoms with Gasteiger partial charge in [-0.05, 0) is 31.4 Å². The maximum absolute atomic E-state index is 12.6. The molecule has 0 radical (unpaired) electrons. The van der Waals surface area contributed by atoms with Crippen LogP contribution in [0.1, 0.15) is 24.1 Å². The number of amides is 1. The first-order valence-corrected chi connectivity index (χ1v) is 7.72. The van der Waals surface area contributed by atoms with Crippen LogP contribution in [0.4, 0.5) is 13.2 Å². The predicted octanol–water partition coefficient (Wildman–Crippen LogP) is 2.10. The monoisotopic (exact) mass is 341 g/mol. The van der Waals surface area contributed by atoms with Crippen molar-refractivity contribution in [2.75, 3.05) is 6.54 Å². The normalized spacial score (nSPS) is 18.3. The lowest BCUT2D eigenvalue weighted by molar-refractivity contribution is -0.142. The highest BCUT2D eigenvalue weighted by Crippen LogP contribution is 2.27. The maximum Gasteiger partial charge on any atom is 0.435 e. The molecule has 6 nitrogen and oxygen atoms in total. The molecule has 24 heavy (non-hydrogen) atoms. The summed E-state index contributed by atoms with van der Waals surface area (Å²) in [6, 6.07) is 0.885. The molecule has 130 valence electrons. The quantitative estimate of drug-likeness (QED) is 0.856. The highest BCUT2D eigenvalue weighted by atomic mass is 19.4. The fourth-order valence-corrected chi connectivity index (χ4v) is 2.97. The first kappa shape index (κ1) is 16.5. The van der Waals surface area contributed by atoms with Gasteiger partial charge in [-0.1, -0.05) is 0 Å². The first-order valence-electron chi connectivity index (χ1n) is 7.72. The molecule has 2 aromatic heterocycles. The minimum Gasteiger partial charge on any atom is -0.336 e. The lowest BCUT2D eigenvalue weighted by atomic mass is 10.2. The zero-order chi connectivity index (χ0) is 17.3. The Morgan fingerprint density at radius 3 is 2.79 bits per heavy atom. The number of aromatic nitrogens is 4. The fourth-order valence-electron chi connectivity index (χ4n) is 2.97. The molecule has 1 aliphatic heterocycles. The number of nitrogens with zero attached hydrogens (tertiary/aromatic N) is 5. The van der Waals surface area contributed by atoms with Gasteiger partial charge in [-0.2, -0.15) is 23.4 Å². The number of hydrogen-bond donors (Lipinski definition) is 0. The van der Waals surface area contributed by atoms with E-state index < -0.39 is 11.9 Å². The standard InChI is InChI=1S/C15H18F3N5O/c1-11-7-19-22(8-11)9-12-3-2-5-23(12)14(24)10-21-6-4-13(20-21)15(16,17)18/h4,6-8,12H,2-3,5,9-10H2,1H3/t12-/m1/s1. The van der Waals surface area contributed by atoms with Crippen molar-refractivity contribution in [3.05, 3.63) is 35.9 Å². The molecule has 0 saturated carbocycles. The molecule has 9 heteroatoms. The van der Waals surface area contributed by atoms with Crippen molar-refractivity contribution in [3.8, 4) is 0 Å². The number of halogens is 3. The van der Waals surface area contributed by atoms with Crippen LogP contribution in [0.3, 0.4) is 0 Å². The van der Waals surface area contributed by atoms with E-state index in [9.17, 15) is 18.0 Å². The second-order valence-electron chi connectivity index (χ2n) is 6.02. The molecule has 2 aromatic rings. The second-order valence-corrected chi connectivity index (χ2v) is 6.02. The van der Waals surface area contributed by atoms with E-state index in [1.54, 1.807) is 15.8 Å². The summed E-state index contributed by atoms with van der Waals surface area (Å²) >= 11 is 0. The molecule has 3 heterocycles. The molecule has 1 atom stereocenters. The Morgan fingerprint density at radius 2 is 2.17 bits per heavy atom. The van der Waals surface area contributed by atoms with E-state index in [-0.39, 0.29) is 18.5 Å². The lowest BCUT2D eigenvalue weighted by Crippen LogP contribution is -2.40. The average Bonchev–Trinajstić information content (AvgIpc) is 3.19. The van der Waals surface area contributed by atoms with E-state index in [0.717, 1.165) is 29.2 Å². The molecule has 0 bridgehead atoms. The number of likely N-dealkylation sites (tertiary alicyclic amines) is 1. The van der Waals surface area contributed by atoms with Crippen LogP contribution in [0.15, 0.2) is 24.7 Å². The summed E-state index contributed by atoms with van der Waals surface area (Å²) in [6.07, 6.45) is 2.08. The summed E-state index contributed by atoms with van der Waals surface area (Å²) in [7, 11) is 0. The van der Waals surface area contributed by atoms with Gasteiger partial charge in [-0.15, -0.1) is 0 Å². The molecule has 0 aliphatic carbocycles. The molecule has 1 amide bonds. The van der Waals surface area contributed by atoms with Gasteiger partial charge in [-0.3, -0.25) is 14.2 Å². The Morgan fingerprint density at radius 1 is 1.38 bits per heavy atom. The van der Waals surface area contributed by atoms with Gasteiger partial charge in [0.2, 0.25) is 5.91 Å².